The SMILES string of the molecule is Cc1ccsc1CCc1ccc(O)c2c1CC1CC3C(N(C)C)C(=O)C(C(N)=O)=C(O)C3(O)C(=O)C1=C2O. The molecule has 1 heterocycles. The quantitative estimate of drug-likeness (QED) is 0.362. The minimum atomic E-state index is -2.63. The van der Waals surface area contributed by atoms with Crippen molar-refractivity contribution in [3.05, 3.63) is 67.6 Å². The zero-order chi connectivity index (χ0) is 27.7. The van der Waals surface area contributed by atoms with E-state index >= 15 is 0 Å². The number of ketones is 2. The molecule has 6 N–H and O–H groups in total. The second-order valence-corrected chi connectivity index (χ2v) is 11.6. The fraction of sp³-hybridized carbons (Fsp3) is 0.393. The van der Waals surface area contributed by atoms with E-state index in [9.17, 15) is 34.8 Å². The summed E-state index contributed by atoms with van der Waals surface area (Å²) in [6.07, 6.45) is 1.80. The predicted molar refractivity (Wildman–Crippen MR) is 141 cm³/mol. The number of phenols is 1. The van der Waals surface area contributed by atoms with E-state index in [2.05, 4.69) is 6.07 Å². The van der Waals surface area contributed by atoms with Gasteiger partial charge in [0.15, 0.2) is 11.4 Å². The molecule has 9 nitrogen and oxygen atoms in total. The molecular weight excluding hydrogens is 508 g/mol. The first-order valence-corrected chi connectivity index (χ1v) is 13.3. The Balaban J connectivity index is 1.64. The molecule has 38 heavy (non-hydrogen) atoms. The van der Waals surface area contributed by atoms with Crippen molar-refractivity contribution >= 4 is 34.6 Å². The Morgan fingerprint density at radius 3 is 2.47 bits per heavy atom. The van der Waals surface area contributed by atoms with Crippen molar-refractivity contribution in [1.29, 1.82) is 0 Å². The highest BCUT2D eigenvalue weighted by molar-refractivity contribution is 7.10. The molecule has 3 aliphatic carbocycles. The summed E-state index contributed by atoms with van der Waals surface area (Å²) in [5.74, 6) is -6.44. The van der Waals surface area contributed by atoms with Crippen LogP contribution in [0, 0.1) is 18.8 Å². The second kappa shape index (κ2) is 9.07. The fourth-order valence-corrected chi connectivity index (χ4v) is 7.36. The molecule has 0 bridgehead atoms. The van der Waals surface area contributed by atoms with Crippen LogP contribution in [-0.4, -0.2) is 68.5 Å². The number of Topliss-reactive ketones (excluding diaryl/α,β-unsaturated/α-hetero) is 2. The molecule has 1 saturated carbocycles. The summed E-state index contributed by atoms with van der Waals surface area (Å²) < 4.78 is 0. The summed E-state index contributed by atoms with van der Waals surface area (Å²) in [5.41, 5.74) is 4.73. The largest absolute Gasteiger partial charge is 0.508 e. The van der Waals surface area contributed by atoms with E-state index < -0.39 is 58.0 Å². The zero-order valence-electron chi connectivity index (χ0n) is 21.3. The third kappa shape index (κ3) is 3.62. The average molecular weight is 539 g/mol. The lowest BCUT2D eigenvalue weighted by molar-refractivity contribution is -0.153. The first kappa shape index (κ1) is 26.1. The number of phenolic OH excluding ortho intramolecular Hbond substituents is 1. The van der Waals surface area contributed by atoms with E-state index in [-0.39, 0.29) is 23.3 Å². The van der Waals surface area contributed by atoms with Gasteiger partial charge in [-0.1, -0.05) is 6.07 Å². The van der Waals surface area contributed by atoms with Crippen molar-refractivity contribution in [3.63, 3.8) is 0 Å². The molecule has 4 unspecified atom stereocenters. The Hall–Kier alpha value is -3.47. The molecule has 1 aromatic carbocycles. The van der Waals surface area contributed by atoms with Crippen LogP contribution < -0.4 is 5.73 Å². The number of primary amides is 1. The van der Waals surface area contributed by atoms with Gasteiger partial charge in [-0.15, -0.1) is 11.3 Å². The van der Waals surface area contributed by atoms with Gasteiger partial charge in [0, 0.05) is 16.4 Å². The molecule has 1 fully saturated rings. The van der Waals surface area contributed by atoms with Gasteiger partial charge in [0.05, 0.1) is 11.6 Å². The lowest BCUT2D eigenvalue weighted by Gasteiger charge is -2.50. The third-order valence-electron chi connectivity index (χ3n) is 8.29. The number of aliphatic hydroxyl groups excluding tert-OH is 2. The molecule has 0 saturated heterocycles. The van der Waals surface area contributed by atoms with Gasteiger partial charge < -0.3 is 26.2 Å². The van der Waals surface area contributed by atoms with Gasteiger partial charge in [-0.25, -0.2) is 0 Å². The van der Waals surface area contributed by atoms with Gasteiger partial charge in [0.1, 0.15) is 22.8 Å². The van der Waals surface area contributed by atoms with Gasteiger partial charge >= 0.3 is 0 Å². The van der Waals surface area contributed by atoms with Gasteiger partial charge in [0.2, 0.25) is 5.78 Å². The van der Waals surface area contributed by atoms with Gasteiger partial charge in [-0.2, -0.15) is 0 Å². The number of aliphatic hydroxyl groups is 3. The molecule has 4 atom stereocenters. The van der Waals surface area contributed by atoms with Crippen LogP contribution in [0.5, 0.6) is 5.75 Å². The van der Waals surface area contributed by atoms with E-state index in [4.69, 9.17) is 5.73 Å². The molecule has 10 heteroatoms. The van der Waals surface area contributed by atoms with Gasteiger partial charge in [-0.05, 0) is 86.8 Å². The van der Waals surface area contributed by atoms with Crippen LogP contribution in [0.3, 0.4) is 0 Å². The maximum Gasteiger partial charge on any atom is 0.255 e. The van der Waals surface area contributed by atoms with Crippen LogP contribution in [-0.2, 0) is 33.6 Å². The van der Waals surface area contributed by atoms with Crippen LogP contribution >= 0.6 is 11.3 Å². The lowest BCUT2D eigenvalue weighted by atomic mass is 9.57. The van der Waals surface area contributed by atoms with Gasteiger partial charge in [-0.3, -0.25) is 19.3 Å². The summed E-state index contributed by atoms with van der Waals surface area (Å²) >= 11 is 1.67. The second-order valence-electron chi connectivity index (χ2n) is 10.6. The van der Waals surface area contributed by atoms with Gasteiger partial charge in [0.25, 0.3) is 5.91 Å². The van der Waals surface area contributed by atoms with Crippen molar-refractivity contribution in [3.8, 4) is 5.75 Å². The number of fused-ring (bicyclic) bond motifs is 3. The number of hydrogen-bond acceptors (Lipinski definition) is 9. The molecule has 0 radical (unpaired) electrons. The van der Waals surface area contributed by atoms with Crippen molar-refractivity contribution in [2.75, 3.05) is 14.1 Å². The molecule has 3 aliphatic rings. The number of nitrogens with two attached hydrogens (primary N) is 1. The van der Waals surface area contributed by atoms with E-state index in [1.54, 1.807) is 25.4 Å². The highest BCUT2D eigenvalue weighted by Crippen LogP contribution is 2.53. The molecule has 0 aliphatic heterocycles. The number of carbonyl (C=O) groups excluding carboxylic acids is 3. The maximum atomic E-state index is 13.9. The first-order valence-electron chi connectivity index (χ1n) is 12.4. The zero-order valence-corrected chi connectivity index (χ0v) is 22.1. The predicted octanol–water partition coefficient (Wildman–Crippen LogP) is 2.12. The average Bonchev–Trinajstić information content (AvgIpc) is 3.25. The smallest absolute Gasteiger partial charge is 0.255 e. The summed E-state index contributed by atoms with van der Waals surface area (Å²) in [7, 11) is 3.16. The number of rotatable bonds is 5. The Bertz CT molecular complexity index is 1450. The fourth-order valence-electron chi connectivity index (χ4n) is 6.45. The number of nitrogens with zero attached hydrogens (tertiary/aromatic N) is 1. The molecule has 0 spiro atoms. The Kier molecular flexibility index (Phi) is 6.24. The molecule has 1 aromatic heterocycles. The Labute approximate surface area is 223 Å². The van der Waals surface area contributed by atoms with Crippen LogP contribution in [0.2, 0.25) is 0 Å². The Morgan fingerprint density at radius 2 is 1.87 bits per heavy atom. The molecule has 2 aromatic rings. The van der Waals surface area contributed by atoms with Crippen LogP contribution in [0.15, 0.2) is 40.5 Å². The number of thiophene rings is 1. The number of carbonyl (C=O) groups is 3. The summed E-state index contributed by atoms with van der Waals surface area (Å²) in [6, 6.07) is 4.25. The Morgan fingerprint density at radius 1 is 1.16 bits per heavy atom. The van der Waals surface area contributed by atoms with Crippen LogP contribution in [0.25, 0.3) is 5.76 Å². The number of aryl methyl sites for hydroxylation is 3. The van der Waals surface area contributed by atoms with Crippen molar-refractivity contribution < 1.29 is 34.8 Å². The molecule has 5 rings (SSSR count). The number of aromatic hydroxyl groups is 1. The number of benzene rings is 1. The highest BCUT2D eigenvalue weighted by Gasteiger charge is 2.64. The van der Waals surface area contributed by atoms with Crippen LogP contribution in [0.1, 0.15) is 33.6 Å². The first-order chi connectivity index (χ1) is 17.9. The van der Waals surface area contributed by atoms with E-state index in [1.165, 1.54) is 21.4 Å². The summed E-state index contributed by atoms with van der Waals surface area (Å²) in [5, 5.41) is 46.7. The van der Waals surface area contributed by atoms with Crippen molar-refractivity contribution in [2.45, 2.75) is 44.2 Å². The van der Waals surface area contributed by atoms with Crippen molar-refractivity contribution in [2.24, 2.45) is 17.6 Å². The lowest BCUT2D eigenvalue weighted by Crippen LogP contribution is -2.65. The topological polar surface area (TPSA) is 161 Å². The standard InChI is InChI=1S/C28H30N2O7S/c1-12-8-9-38-18(12)7-5-13-4-6-17(31)20-15(13)10-14-11-16-22(30(2)3)24(33)21(27(29)36)26(35)28(16,37)25(34)19(14)23(20)32/h4,6,8-9,14,16,22,31-32,35,37H,5,7,10-11H2,1-3H3,(H2,29,36). The van der Waals surface area contributed by atoms with E-state index in [0.717, 1.165) is 12.0 Å². The third-order valence-corrected chi connectivity index (χ3v) is 9.37. The minimum Gasteiger partial charge on any atom is -0.508 e. The van der Waals surface area contributed by atoms with E-state index in [1.807, 2.05) is 18.4 Å². The maximum absolute atomic E-state index is 13.9. The molecule has 1 amide bonds. The monoisotopic (exact) mass is 538 g/mol. The van der Waals surface area contributed by atoms with Crippen LogP contribution in [0.4, 0.5) is 0 Å². The van der Waals surface area contributed by atoms with E-state index in [0.29, 0.717) is 18.4 Å². The number of amides is 1. The number of hydrogen-bond donors (Lipinski definition) is 5. The molecule has 200 valence electrons. The minimum absolute atomic E-state index is 0.0743. The summed E-state index contributed by atoms with van der Waals surface area (Å²) in [6.45, 7) is 2.05. The van der Waals surface area contributed by atoms with Crippen molar-refractivity contribution in [1.82, 2.24) is 4.90 Å². The molecular formula is C28H30N2O7S. The normalized spacial score (nSPS) is 26.9. The number of likely N-dealkylation sites (N-methyl/N-ethyl adjacent to an activating group) is 1. The highest BCUT2D eigenvalue weighted by atomic mass is 32.1. The summed E-state index contributed by atoms with van der Waals surface area (Å²) in [4.78, 5) is 41.9.